The number of rotatable bonds is 2. The summed E-state index contributed by atoms with van der Waals surface area (Å²) in [6.45, 7) is 0.541. The Morgan fingerprint density at radius 2 is 2.44 bits per heavy atom. The van der Waals surface area contributed by atoms with Crippen molar-refractivity contribution in [2.75, 3.05) is 6.54 Å². The molecule has 0 aliphatic carbocycles. The van der Waals surface area contributed by atoms with Crippen LogP contribution in [0.4, 0.5) is 0 Å². The largest absolute Gasteiger partial charge is 0.361 e. The monoisotopic (exact) mass is 144 g/mol. The fourth-order valence-corrected chi connectivity index (χ4v) is 0.385. The predicted molar refractivity (Wildman–Crippen MR) is 38.2 cm³/mol. The van der Waals surface area contributed by atoms with Gasteiger partial charge >= 0.3 is 0 Å². The van der Waals surface area contributed by atoms with Crippen LogP contribution >= 0.6 is 12.2 Å². The van der Waals surface area contributed by atoms with Gasteiger partial charge in [0.25, 0.3) is 0 Å². The Kier molecular flexibility index (Phi) is 4.78. The molecule has 0 rings (SSSR count). The number of hydrogen-bond donors (Lipinski definition) is 3. The molecule has 0 unspecified atom stereocenters. The standard InChI is InChI=1S/C4H8N4S/c5-2-1-3-7-4(9)8-6/h1,3,6H2,(H2,7,8,9). The van der Waals surface area contributed by atoms with Crippen molar-refractivity contribution in [2.45, 2.75) is 6.42 Å². The van der Waals surface area contributed by atoms with E-state index < -0.39 is 0 Å². The highest BCUT2D eigenvalue weighted by Crippen LogP contribution is 1.69. The van der Waals surface area contributed by atoms with Crippen molar-refractivity contribution in [2.24, 2.45) is 5.84 Å². The summed E-state index contributed by atoms with van der Waals surface area (Å²) < 4.78 is 0. The predicted octanol–water partition coefficient (Wildman–Crippen LogP) is -0.762. The van der Waals surface area contributed by atoms with Crippen LogP contribution in [0.5, 0.6) is 0 Å². The quantitative estimate of drug-likeness (QED) is 0.205. The normalized spacial score (nSPS) is 7.56. The van der Waals surface area contributed by atoms with Crippen LogP contribution in [0, 0.1) is 11.3 Å². The molecule has 0 fully saturated rings. The van der Waals surface area contributed by atoms with E-state index in [1.54, 1.807) is 0 Å². The van der Waals surface area contributed by atoms with Crippen LogP contribution in [0.1, 0.15) is 6.42 Å². The molecule has 50 valence electrons. The van der Waals surface area contributed by atoms with E-state index in [2.05, 4.69) is 23.0 Å². The van der Waals surface area contributed by atoms with Gasteiger partial charge in [-0.25, -0.2) is 5.84 Å². The molecule has 0 heterocycles. The lowest BCUT2D eigenvalue weighted by Gasteiger charge is -2.01. The first-order chi connectivity index (χ1) is 4.31. The maximum absolute atomic E-state index is 8.07. The van der Waals surface area contributed by atoms with Crippen molar-refractivity contribution in [3.8, 4) is 6.07 Å². The van der Waals surface area contributed by atoms with Gasteiger partial charge in [-0.2, -0.15) is 5.26 Å². The second-order valence-corrected chi connectivity index (χ2v) is 1.72. The Morgan fingerprint density at radius 3 is 2.89 bits per heavy atom. The molecule has 0 saturated heterocycles. The first-order valence-corrected chi connectivity index (χ1v) is 2.83. The van der Waals surface area contributed by atoms with Gasteiger partial charge in [0, 0.05) is 6.54 Å². The molecule has 0 saturated carbocycles. The zero-order valence-electron chi connectivity index (χ0n) is 4.85. The average molecular weight is 144 g/mol. The molecule has 4 nitrogen and oxygen atoms in total. The molecule has 0 amide bonds. The molecule has 4 N–H and O–H groups in total. The van der Waals surface area contributed by atoms with E-state index in [-0.39, 0.29) is 0 Å². The summed E-state index contributed by atoms with van der Waals surface area (Å²) in [5.74, 6) is 4.92. The molecule has 0 radical (unpaired) electrons. The lowest BCUT2D eigenvalue weighted by atomic mass is 10.5. The van der Waals surface area contributed by atoms with Crippen LogP contribution in [-0.4, -0.2) is 11.7 Å². The summed E-state index contributed by atoms with van der Waals surface area (Å²) in [7, 11) is 0. The lowest BCUT2D eigenvalue weighted by molar-refractivity contribution is 0.858. The summed E-state index contributed by atoms with van der Waals surface area (Å²) in [5, 5.41) is 11.1. The highest BCUT2D eigenvalue weighted by Gasteiger charge is 1.86. The molecule has 0 aromatic heterocycles. The zero-order valence-corrected chi connectivity index (χ0v) is 5.66. The van der Waals surface area contributed by atoms with Gasteiger partial charge in [-0.15, -0.1) is 0 Å². The molecule has 0 aromatic carbocycles. The summed E-state index contributed by atoms with van der Waals surface area (Å²) in [6.07, 6.45) is 0.432. The van der Waals surface area contributed by atoms with Crippen molar-refractivity contribution >= 4 is 17.3 Å². The number of thiocarbonyl (C=S) groups is 1. The van der Waals surface area contributed by atoms with Crippen LogP contribution in [0.3, 0.4) is 0 Å². The number of nitrogens with one attached hydrogen (secondary N) is 2. The Balaban J connectivity index is 3.09. The summed E-state index contributed by atoms with van der Waals surface area (Å²) in [4.78, 5) is 0. The number of hydrogen-bond acceptors (Lipinski definition) is 3. The van der Waals surface area contributed by atoms with Crippen LogP contribution in [0.2, 0.25) is 0 Å². The smallest absolute Gasteiger partial charge is 0.180 e. The second kappa shape index (κ2) is 5.28. The van der Waals surface area contributed by atoms with Crippen molar-refractivity contribution in [1.82, 2.24) is 10.7 Å². The maximum atomic E-state index is 8.07. The van der Waals surface area contributed by atoms with E-state index >= 15 is 0 Å². The molecule has 0 aliphatic heterocycles. The second-order valence-electron chi connectivity index (χ2n) is 1.31. The third-order valence-electron chi connectivity index (χ3n) is 0.653. The lowest BCUT2D eigenvalue weighted by Crippen LogP contribution is -2.39. The van der Waals surface area contributed by atoms with Gasteiger partial charge in [0.1, 0.15) is 0 Å². The summed E-state index contributed by atoms with van der Waals surface area (Å²) >= 11 is 4.61. The molecule has 9 heavy (non-hydrogen) atoms. The number of nitrogens with two attached hydrogens (primary N) is 1. The Hall–Kier alpha value is -0.860. The molecule has 0 atom stereocenters. The van der Waals surface area contributed by atoms with Crippen molar-refractivity contribution in [3.05, 3.63) is 0 Å². The third-order valence-corrected chi connectivity index (χ3v) is 0.916. The summed E-state index contributed by atoms with van der Waals surface area (Å²) in [6, 6.07) is 1.96. The molecule has 0 bridgehead atoms. The van der Waals surface area contributed by atoms with E-state index in [1.165, 1.54) is 0 Å². The van der Waals surface area contributed by atoms with Crippen LogP contribution in [-0.2, 0) is 0 Å². The fraction of sp³-hybridized carbons (Fsp3) is 0.500. The van der Waals surface area contributed by atoms with E-state index in [9.17, 15) is 0 Å². The Bertz CT molecular complexity index is 127. The van der Waals surface area contributed by atoms with Crippen LogP contribution < -0.4 is 16.6 Å². The Morgan fingerprint density at radius 1 is 1.78 bits per heavy atom. The topological polar surface area (TPSA) is 73.9 Å². The van der Waals surface area contributed by atoms with Gasteiger partial charge in [0.15, 0.2) is 5.11 Å². The number of nitriles is 1. The van der Waals surface area contributed by atoms with Crippen molar-refractivity contribution < 1.29 is 0 Å². The molecule has 0 aromatic rings. The van der Waals surface area contributed by atoms with E-state index in [4.69, 9.17) is 11.1 Å². The van der Waals surface area contributed by atoms with Gasteiger partial charge in [0.05, 0.1) is 12.5 Å². The number of hydrazine groups is 1. The van der Waals surface area contributed by atoms with Gasteiger partial charge in [-0.3, -0.25) is 0 Å². The van der Waals surface area contributed by atoms with E-state index in [0.717, 1.165) is 0 Å². The van der Waals surface area contributed by atoms with Crippen molar-refractivity contribution in [3.63, 3.8) is 0 Å². The average Bonchev–Trinajstić information content (AvgIpc) is 1.89. The van der Waals surface area contributed by atoms with Crippen molar-refractivity contribution in [1.29, 1.82) is 5.26 Å². The molecule has 0 aliphatic rings. The minimum Gasteiger partial charge on any atom is -0.361 e. The Labute approximate surface area is 59.0 Å². The first-order valence-electron chi connectivity index (χ1n) is 2.42. The maximum Gasteiger partial charge on any atom is 0.180 e. The first kappa shape index (κ1) is 8.14. The number of nitrogens with zero attached hydrogens (tertiary/aromatic N) is 1. The van der Waals surface area contributed by atoms with Gasteiger partial charge in [0.2, 0.25) is 0 Å². The zero-order chi connectivity index (χ0) is 7.11. The highest BCUT2D eigenvalue weighted by atomic mass is 32.1. The molecule has 0 spiro atoms. The van der Waals surface area contributed by atoms with E-state index in [0.29, 0.717) is 18.1 Å². The minimum absolute atomic E-state index is 0.366. The van der Waals surface area contributed by atoms with Gasteiger partial charge in [-0.1, -0.05) is 0 Å². The molecular formula is C4H8N4S. The van der Waals surface area contributed by atoms with Crippen LogP contribution in [0.15, 0.2) is 0 Å². The van der Waals surface area contributed by atoms with E-state index in [1.807, 2.05) is 6.07 Å². The highest BCUT2D eigenvalue weighted by molar-refractivity contribution is 7.80. The SMILES string of the molecule is N#CCCNC(=S)NN. The van der Waals surface area contributed by atoms with Gasteiger partial charge in [-0.05, 0) is 12.2 Å². The third kappa shape index (κ3) is 5.00. The molecule has 5 heteroatoms. The van der Waals surface area contributed by atoms with Crippen LogP contribution in [0.25, 0.3) is 0 Å². The fourth-order valence-electron chi connectivity index (χ4n) is 0.283. The van der Waals surface area contributed by atoms with Gasteiger partial charge < -0.3 is 10.7 Å². The summed E-state index contributed by atoms with van der Waals surface area (Å²) in [5.41, 5.74) is 2.23. The minimum atomic E-state index is 0.366. The molecular weight excluding hydrogens is 136 g/mol.